The Morgan fingerprint density at radius 1 is 1.38 bits per heavy atom. The molecule has 0 unspecified atom stereocenters. The van der Waals surface area contributed by atoms with E-state index in [0.717, 1.165) is 5.56 Å². The Morgan fingerprint density at radius 2 is 2.15 bits per heavy atom. The summed E-state index contributed by atoms with van der Waals surface area (Å²) in [5.74, 6) is 0.152. The van der Waals surface area contributed by atoms with Crippen LogP contribution in [0.25, 0.3) is 0 Å². The zero-order valence-corrected chi connectivity index (χ0v) is 8.50. The predicted octanol–water partition coefficient (Wildman–Crippen LogP) is 2.81. The Labute approximate surface area is 86.8 Å². The van der Waals surface area contributed by atoms with Gasteiger partial charge in [-0.2, -0.15) is 0 Å². The molecule has 0 heterocycles. The van der Waals surface area contributed by atoms with Crippen LogP contribution in [0.2, 0.25) is 5.02 Å². The molecule has 0 aliphatic carbocycles. The van der Waals surface area contributed by atoms with Crippen molar-refractivity contribution in [2.45, 2.75) is 6.54 Å². The van der Waals surface area contributed by atoms with Crippen LogP contribution in [-0.4, -0.2) is 12.4 Å². The van der Waals surface area contributed by atoms with Crippen molar-refractivity contribution in [3.63, 3.8) is 0 Å². The van der Waals surface area contributed by atoms with Crippen molar-refractivity contribution in [2.24, 2.45) is 0 Å². The molecule has 0 radical (unpaired) electrons. The molecule has 0 saturated heterocycles. The summed E-state index contributed by atoms with van der Waals surface area (Å²) < 4.78 is 12.9. The van der Waals surface area contributed by atoms with Crippen molar-refractivity contribution in [3.05, 3.63) is 34.6 Å². The fraction of sp³-hybridized carbons (Fsp3) is 0.333. The summed E-state index contributed by atoms with van der Waals surface area (Å²) in [6, 6.07) is 4.76. The molecule has 4 heteroatoms. The number of nitrogens with one attached hydrogen (secondary N) is 1. The lowest BCUT2D eigenvalue weighted by atomic mass is 10.2. The topological polar surface area (TPSA) is 12.0 Å². The van der Waals surface area contributed by atoms with Gasteiger partial charge in [-0.3, -0.25) is 0 Å². The highest BCUT2D eigenvalue weighted by molar-refractivity contribution is 6.31. The van der Waals surface area contributed by atoms with Crippen LogP contribution >= 0.6 is 23.2 Å². The molecule has 0 aliphatic heterocycles. The fourth-order valence-electron chi connectivity index (χ4n) is 0.975. The predicted molar refractivity (Wildman–Crippen MR) is 53.8 cm³/mol. The third-order valence-electron chi connectivity index (χ3n) is 1.62. The summed E-state index contributed by atoms with van der Waals surface area (Å²) in [4.78, 5) is 0. The van der Waals surface area contributed by atoms with Gasteiger partial charge in [0.05, 0.1) is 5.02 Å². The van der Waals surface area contributed by atoms with Gasteiger partial charge in [0.25, 0.3) is 0 Å². The van der Waals surface area contributed by atoms with E-state index in [2.05, 4.69) is 5.32 Å². The minimum atomic E-state index is -0.383. The Bertz CT molecular complexity index is 278. The van der Waals surface area contributed by atoms with Crippen LogP contribution in [0.15, 0.2) is 18.2 Å². The van der Waals surface area contributed by atoms with Gasteiger partial charge in [-0.25, -0.2) is 4.39 Å². The molecule has 1 N–H and O–H groups in total. The molecule has 0 aliphatic rings. The van der Waals surface area contributed by atoms with E-state index >= 15 is 0 Å². The largest absolute Gasteiger partial charge is 0.311 e. The van der Waals surface area contributed by atoms with Crippen molar-refractivity contribution in [1.29, 1.82) is 0 Å². The highest BCUT2D eigenvalue weighted by Crippen LogP contribution is 2.18. The molecule has 0 fully saturated rings. The van der Waals surface area contributed by atoms with Gasteiger partial charge in [0.2, 0.25) is 0 Å². The van der Waals surface area contributed by atoms with E-state index in [1.54, 1.807) is 12.1 Å². The summed E-state index contributed by atoms with van der Waals surface area (Å²) in [6.45, 7) is 1.23. The first-order chi connectivity index (χ1) is 6.25. The summed E-state index contributed by atoms with van der Waals surface area (Å²) in [5, 5.41) is 3.22. The number of halogens is 3. The van der Waals surface area contributed by atoms with Crippen molar-refractivity contribution < 1.29 is 4.39 Å². The Kier molecular flexibility index (Phi) is 4.50. The number of rotatable bonds is 4. The minimum Gasteiger partial charge on any atom is -0.311 e. The Morgan fingerprint density at radius 3 is 2.85 bits per heavy atom. The zero-order chi connectivity index (χ0) is 9.68. The second kappa shape index (κ2) is 5.43. The zero-order valence-electron chi connectivity index (χ0n) is 6.99. The average Bonchev–Trinajstić information content (AvgIpc) is 2.13. The lowest BCUT2D eigenvalue weighted by Crippen LogP contribution is -2.16. The van der Waals surface area contributed by atoms with Crippen molar-refractivity contribution in [1.82, 2.24) is 5.32 Å². The number of hydrogen-bond donors (Lipinski definition) is 1. The normalized spacial score (nSPS) is 10.4. The van der Waals surface area contributed by atoms with Crippen LogP contribution < -0.4 is 5.32 Å². The van der Waals surface area contributed by atoms with Gasteiger partial charge < -0.3 is 5.32 Å². The van der Waals surface area contributed by atoms with Gasteiger partial charge in [0, 0.05) is 19.0 Å². The fourth-order valence-corrected chi connectivity index (χ4v) is 1.30. The molecule has 1 nitrogen and oxygen atoms in total. The highest BCUT2D eigenvalue weighted by Gasteiger charge is 2.03. The quantitative estimate of drug-likeness (QED) is 0.610. The maximum atomic E-state index is 12.9. The molecule has 0 spiro atoms. The van der Waals surface area contributed by atoms with Gasteiger partial charge in [0.15, 0.2) is 0 Å². The lowest BCUT2D eigenvalue weighted by molar-refractivity contribution is 0.622. The van der Waals surface area contributed by atoms with E-state index in [4.69, 9.17) is 23.2 Å². The van der Waals surface area contributed by atoms with E-state index in [-0.39, 0.29) is 10.8 Å². The molecular formula is C9H10Cl2FN. The van der Waals surface area contributed by atoms with Gasteiger partial charge in [-0.1, -0.05) is 23.7 Å². The van der Waals surface area contributed by atoms with Crippen LogP contribution in [0.5, 0.6) is 0 Å². The van der Waals surface area contributed by atoms with Gasteiger partial charge in [-0.15, -0.1) is 11.6 Å². The molecule has 1 aromatic rings. The van der Waals surface area contributed by atoms with Crippen LogP contribution in [0.3, 0.4) is 0 Å². The maximum absolute atomic E-state index is 12.9. The van der Waals surface area contributed by atoms with E-state index in [9.17, 15) is 4.39 Å². The lowest BCUT2D eigenvalue weighted by Gasteiger charge is -2.05. The molecule has 0 saturated carbocycles. The molecule has 0 amide bonds. The first-order valence-electron chi connectivity index (χ1n) is 3.95. The molecule has 72 valence electrons. The Balaban J connectivity index is 2.61. The van der Waals surface area contributed by atoms with Crippen LogP contribution in [0, 0.1) is 5.82 Å². The van der Waals surface area contributed by atoms with E-state index < -0.39 is 0 Å². The van der Waals surface area contributed by atoms with Crippen LogP contribution in [0.4, 0.5) is 4.39 Å². The molecule has 1 aromatic carbocycles. The summed E-state index contributed by atoms with van der Waals surface area (Å²) in [7, 11) is 0. The first kappa shape index (κ1) is 10.8. The number of alkyl halides is 1. The molecule has 0 bridgehead atoms. The third kappa shape index (κ3) is 3.14. The van der Waals surface area contributed by atoms with Gasteiger partial charge >= 0.3 is 0 Å². The summed E-state index contributed by atoms with van der Waals surface area (Å²) in [5.41, 5.74) is 0.756. The van der Waals surface area contributed by atoms with Gasteiger partial charge in [-0.05, 0) is 11.6 Å². The second-order valence-corrected chi connectivity index (χ2v) is 3.33. The number of hydrogen-bond acceptors (Lipinski definition) is 1. The molecular weight excluding hydrogens is 212 g/mol. The molecule has 0 aromatic heterocycles. The van der Waals surface area contributed by atoms with Gasteiger partial charge in [0.1, 0.15) is 5.82 Å². The Hall–Kier alpha value is -0.310. The van der Waals surface area contributed by atoms with E-state index in [1.165, 1.54) is 6.07 Å². The minimum absolute atomic E-state index is 0.185. The average molecular weight is 222 g/mol. The smallest absolute Gasteiger partial charge is 0.142 e. The van der Waals surface area contributed by atoms with Crippen LogP contribution in [0.1, 0.15) is 5.56 Å². The third-order valence-corrected chi connectivity index (χ3v) is 2.23. The van der Waals surface area contributed by atoms with Crippen LogP contribution in [-0.2, 0) is 6.54 Å². The maximum Gasteiger partial charge on any atom is 0.142 e. The summed E-state index contributed by atoms with van der Waals surface area (Å²) >= 11 is 11.2. The molecule has 1 rings (SSSR count). The van der Waals surface area contributed by atoms with Crippen molar-refractivity contribution >= 4 is 23.2 Å². The second-order valence-electron chi connectivity index (χ2n) is 2.58. The monoisotopic (exact) mass is 221 g/mol. The SMILES string of the molecule is Fc1cccc(CNCCCl)c1Cl. The molecule has 13 heavy (non-hydrogen) atoms. The van der Waals surface area contributed by atoms with E-state index in [0.29, 0.717) is 19.0 Å². The van der Waals surface area contributed by atoms with E-state index in [1.807, 2.05) is 0 Å². The van der Waals surface area contributed by atoms with Crippen molar-refractivity contribution in [3.8, 4) is 0 Å². The number of benzene rings is 1. The standard InChI is InChI=1S/C9H10Cl2FN/c10-4-5-13-6-7-2-1-3-8(12)9(7)11/h1-3,13H,4-6H2. The first-order valence-corrected chi connectivity index (χ1v) is 4.86. The van der Waals surface area contributed by atoms with Crippen molar-refractivity contribution in [2.75, 3.05) is 12.4 Å². The molecule has 0 atom stereocenters. The summed E-state index contributed by atoms with van der Waals surface area (Å²) in [6.07, 6.45) is 0. The highest BCUT2D eigenvalue weighted by atomic mass is 35.5.